The zero-order valence-corrected chi connectivity index (χ0v) is 13.6. The molecular formula is C16H15N3O3S. The lowest BCUT2D eigenvalue weighted by Gasteiger charge is -2.04. The third-order valence-electron chi connectivity index (χ3n) is 3.44. The molecule has 3 rings (SSSR count). The minimum atomic E-state index is -0.413. The molecule has 0 atom stereocenters. The second-order valence-electron chi connectivity index (χ2n) is 4.96. The lowest BCUT2D eigenvalue weighted by Crippen LogP contribution is -2.21. The normalized spacial score (nSPS) is 10.9. The number of pyridine rings is 1. The van der Waals surface area contributed by atoms with Gasteiger partial charge in [-0.15, -0.1) is 11.3 Å². The molecule has 0 bridgehead atoms. The van der Waals surface area contributed by atoms with Crippen LogP contribution < -0.4 is 5.56 Å². The van der Waals surface area contributed by atoms with Gasteiger partial charge in [0.2, 0.25) is 0 Å². The summed E-state index contributed by atoms with van der Waals surface area (Å²) in [5.74, 6) is -0.413. The zero-order chi connectivity index (χ0) is 16.4. The molecule has 0 aliphatic carbocycles. The first kappa shape index (κ1) is 15.4. The molecule has 23 heavy (non-hydrogen) atoms. The number of fused-ring (bicyclic) bond motifs is 1. The Morgan fingerprint density at radius 3 is 2.87 bits per heavy atom. The number of aromatic nitrogens is 3. The fourth-order valence-corrected chi connectivity index (χ4v) is 3.36. The minimum Gasteiger partial charge on any atom is -0.462 e. The quantitative estimate of drug-likeness (QED) is 0.687. The predicted molar refractivity (Wildman–Crippen MR) is 87.9 cm³/mol. The van der Waals surface area contributed by atoms with E-state index in [0.29, 0.717) is 33.8 Å². The molecule has 6 nitrogen and oxygen atoms in total. The molecule has 0 fully saturated rings. The largest absolute Gasteiger partial charge is 0.462 e. The Kier molecular flexibility index (Phi) is 4.20. The summed E-state index contributed by atoms with van der Waals surface area (Å²) in [7, 11) is 0. The van der Waals surface area contributed by atoms with E-state index >= 15 is 0 Å². The van der Waals surface area contributed by atoms with E-state index in [-0.39, 0.29) is 5.56 Å². The molecular weight excluding hydrogens is 314 g/mol. The maximum atomic E-state index is 12.7. The summed E-state index contributed by atoms with van der Waals surface area (Å²) < 4.78 is 6.53. The average molecular weight is 329 g/mol. The number of hydrogen-bond donors (Lipinski definition) is 0. The van der Waals surface area contributed by atoms with Crippen molar-refractivity contribution in [1.29, 1.82) is 0 Å². The molecule has 3 aromatic rings. The number of carbonyl (C=O) groups excluding carboxylic acids is 1. The van der Waals surface area contributed by atoms with Crippen molar-refractivity contribution in [3.05, 3.63) is 57.2 Å². The first-order valence-electron chi connectivity index (χ1n) is 7.17. The van der Waals surface area contributed by atoms with Crippen LogP contribution in [0.2, 0.25) is 0 Å². The van der Waals surface area contributed by atoms with Gasteiger partial charge in [0, 0.05) is 6.20 Å². The van der Waals surface area contributed by atoms with Crippen LogP contribution in [0, 0.1) is 6.92 Å². The highest BCUT2D eigenvalue weighted by Crippen LogP contribution is 2.27. The number of nitrogens with zero attached hydrogens (tertiary/aromatic N) is 3. The molecule has 3 heterocycles. The van der Waals surface area contributed by atoms with Crippen LogP contribution in [0.25, 0.3) is 10.2 Å². The summed E-state index contributed by atoms with van der Waals surface area (Å²) in [6, 6.07) is 5.54. The topological polar surface area (TPSA) is 74.1 Å². The first-order chi connectivity index (χ1) is 11.1. The standard InChI is InChI=1S/C16H15N3O3S/c1-3-22-16(21)13-10(2)12-14(23-13)18-9-19(15(12)20)8-11-6-4-5-7-17-11/h4-7,9H,3,8H2,1-2H3. The fourth-order valence-electron chi connectivity index (χ4n) is 2.33. The Hall–Kier alpha value is -2.54. The molecule has 7 heteroatoms. The Balaban J connectivity index is 2.07. The van der Waals surface area contributed by atoms with Crippen LogP contribution in [0.3, 0.4) is 0 Å². The summed E-state index contributed by atoms with van der Waals surface area (Å²) >= 11 is 1.19. The lowest BCUT2D eigenvalue weighted by atomic mass is 10.2. The second kappa shape index (κ2) is 6.29. The zero-order valence-electron chi connectivity index (χ0n) is 12.8. The highest BCUT2D eigenvalue weighted by atomic mass is 32.1. The van der Waals surface area contributed by atoms with Gasteiger partial charge in [0.15, 0.2) is 0 Å². The van der Waals surface area contributed by atoms with E-state index in [4.69, 9.17) is 4.74 Å². The summed E-state index contributed by atoms with van der Waals surface area (Å²) in [5.41, 5.74) is 1.22. The van der Waals surface area contributed by atoms with Crippen LogP contribution in [0.1, 0.15) is 27.9 Å². The molecule has 0 unspecified atom stereocenters. The van der Waals surface area contributed by atoms with E-state index in [1.54, 1.807) is 20.0 Å². The van der Waals surface area contributed by atoms with Crippen LogP contribution in [-0.2, 0) is 11.3 Å². The fraction of sp³-hybridized carbons (Fsp3) is 0.250. The molecule has 0 saturated heterocycles. The predicted octanol–water partition coefficient (Wildman–Crippen LogP) is 2.39. The van der Waals surface area contributed by atoms with Gasteiger partial charge in [-0.2, -0.15) is 0 Å². The van der Waals surface area contributed by atoms with Gasteiger partial charge < -0.3 is 4.74 Å². The number of hydrogen-bond acceptors (Lipinski definition) is 6. The molecule has 0 saturated carbocycles. The van der Waals surface area contributed by atoms with Crippen molar-refractivity contribution < 1.29 is 9.53 Å². The molecule has 0 aliphatic heterocycles. The monoisotopic (exact) mass is 329 g/mol. The highest BCUT2D eigenvalue weighted by Gasteiger charge is 2.20. The Morgan fingerprint density at radius 1 is 1.35 bits per heavy atom. The van der Waals surface area contributed by atoms with Crippen molar-refractivity contribution in [2.75, 3.05) is 6.61 Å². The van der Waals surface area contributed by atoms with E-state index in [9.17, 15) is 9.59 Å². The minimum absolute atomic E-state index is 0.176. The van der Waals surface area contributed by atoms with Crippen molar-refractivity contribution in [1.82, 2.24) is 14.5 Å². The van der Waals surface area contributed by atoms with E-state index in [1.807, 2.05) is 18.2 Å². The van der Waals surface area contributed by atoms with E-state index < -0.39 is 5.97 Å². The average Bonchev–Trinajstić information content (AvgIpc) is 2.89. The Bertz CT molecular complexity index is 915. The van der Waals surface area contributed by atoms with Crippen molar-refractivity contribution in [2.24, 2.45) is 0 Å². The van der Waals surface area contributed by atoms with Gasteiger partial charge in [-0.1, -0.05) is 6.07 Å². The van der Waals surface area contributed by atoms with Gasteiger partial charge in [0.1, 0.15) is 9.71 Å². The first-order valence-corrected chi connectivity index (χ1v) is 7.99. The molecule has 0 amide bonds. The van der Waals surface area contributed by atoms with Crippen LogP contribution in [0.5, 0.6) is 0 Å². The van der Waals surface area contributed by atoms with Gasteiger partial charge >= 0.3 is 5.97 Å². The number of rotatable bonds is 4. The van der Waals surface area contributed by atoms with Crippen molar-refractivity contribution in [3.8, 4) is 0 Å². The highest BCUT2D eigenvalue weighted by molar-refractivity contribution is 7.20. The molecule has 3 aromatic heterocycles. The third-order valence-corrected chi connectivity index (χ3v) is 4.62. The molecule has 0 N–H and O–H groups in total. The molecule has 0 aliphatic rings. The van der Waals surface area contributed by atoms with Crippen LogP contribution in [0.15, 0.2) is 35.5 Å². The smallest absolute Gasteiger partial charge is 0.348 e. The van der Waals surface area contributed by atoms with E-state index in [1.165, 1.54) is 22.2 Å². The van der Waals surface area contributed by atoms with Gasteiger partial charge in [-0.3, -0.25) is 14.3 Å². The molecule has 0 aromatic carbocycles. The molecule has 0 radical (unpaired) electrons. The number of esters is 1. The van der Waals surface area contributed by atoms with Crippen LogP contribution >= 0.6 is 11.3 Å². The SMILES string of the molecule is CCOC(=O)c1sc2ncn(Cc3ccccn3)c(=O)c2c1C. The number of aryl methyl sites for hydroxylation is 1. The summed E-state index contributed by atoms with van der Waals surface area (Å²) in [4.78, 5) is 34.2. The Morgan fingerprint density at radius 2 is 2.17 bits per heavy atom. The van der Waals surface area contributed by atoms with Crippen molar-refractivity contribution >= 4 is 27.5 Å². The van der Waals surface area contributed by atoms with Gasteiger partial charge in [0.05, 0.1) is 30.6 Å². The molecule has 0 spiro atoms. The summed E-state index contributed by atoms with van der Waals surface area (Å²) in [6.07, 6.45) is 3.17. The second-order valence-corrected chi connectivity index (χ2v) is 5.95. The van der Waals surface area contributed by atoms with Gasteiger partial charge in [0.25, 0.3) is 5.56 Å². The third kappa shape index (κ3) is 2.87. The maximum absolute atomic E-state index is 12.7. The summed E-state index contributed by atoms with van der Waals surface area (Å²) in [6.45, 7) is 4.13. The van der Waals surface area contributed by atoms with Gasteiger partial charge in [-0.05, 0) is 31.5 Å². The number of carbonyl (C=O) groups is 1. The van der Waals surface area contributed by atoms with Crippen LogP contribution in [-0.4, -0.2) is 27.1 Å². The summed E-state index contributed by atoms with van der Waals surface area (Å²) in [5, 5.41) is 0.469. The van der Waals surface area contributed by atoms with E-state index in [0.717, 1.165) is 5.69 Å². The van der Waals surface area contributed by atoms with Crippen molar-refractivity contribution in [2.45, 2.75) is 20.4 Å². The maximum Gasteiger partial charge on any atom is 0.348 e. The van der Waals surface area contributed by atoms with Crippen molar-refractivity contribution in [3.63, 3.8) is 0 Å². The van der Waals surface area contributed by atoms with E-state index in [2.05, 4.69) is 9.97 Å². The Labute approximate surface area is 136 Å². The number of ether oxygens (including phenoxy) is 1. The molecule has 118 valence electrons. The van der Waals surface area contributed by atoms with Crippen LogP contribution in [0.4, 0.5) is 0 Å². The number of thiophene rings is 1. The van der Waals surface area contributed by atoms with Gasteiger partial charge in [-0.25, -0.2) is 9.78 Å². The lowest BCUT2D eigenvalue weighted by molar-refractivity contribution is 0.0531.